The van der Waals surface area contributed by atoms with Crippen molar-refractivity contribution in [2.24, 2.45) is 5.92 Å². The van der Waals surface area contributed by atoms with Crippen LogP contribution in [0, 0.1) is 12.8 Å². The second-order valence-corrected chi connectivity index (χ2v) is 6.94. The van der Waals surface area contributed by atoms with Crippen LogP contribution >= 0.6 is 11.6 Å². The first kappa shape index (κ1) is 16.8. The molecule has 2 N–H and O–H groups in total. The molecule has 1 amide bonds. The predicted molar refractivity (Wildman–Crippen MR) is 97.1 cm³/mol. The number of halogens is 1. The van der Waals surface area contributed by atoms with Crippen LogP contribution in [-0.2, 0) is 24.2 Å². The molecule has 134 valence electrons. The van der Waals surface area contributed by atoms with E-state index in [9.17, 15) is 4.79 Å². The minimum Gasteiger partial charge on any atom is -0.349 e. The zero-order valence-electron chi connectivity index (χ0n) is 14.4. The molecule has 1 aliphatic rings. The van der Waals surface area contributed by atoms with E-state index < -0.39 is 0 Å². The molecule has 26 heavy (non-hydrogen) atoms. The number of imidazole rings is 1. The summed E-state index contributed by atoms with van der Waals surface area (Å²) in [6.45, 7) is 2.27. The number of aromatic nitrogens is 5. The van der Waals surface area contributed by atoms with Gasteiger partial charge in [-0.05, 0) is 44.0 Å². The summed E-state index contributed by atoms with van der Waals surface area (Å²) in [5.41, 5.74) is 3.08. The minimum atomic E-state index is -0.0470. The van der Waals surface area contributed by atoms with Crippen LogP contribution < -0.4 is 5.32 Å². The third kappa shape index (κ3) is 3.35. The van der Waals surface area contributed by atoms with E-state index >= 15 is 0 Å². The maximum Gasteiger partial charge on any atom is 0.223 e. The maximum absolute atomic E-state index is 12.6. The molecule has 0 fully saturated rings. The smallest absolute Gasteiger partial charge is 0.223 e. The number of rotatable bonds is 4. The molecule has 0 bridgehead atoms. The fraction of sp³-hybridized carbons (Fsp3) is 0.333. The number of H-pyrrole nitrogens is 1. The van der Waals surface area contributed by atoms with E-state index in [1.807, 2.05) is 35.8 Å². The van der Waals surface area contributed by atoms with Crippen LogP contribution in [0.4, 0.5) is 0 Å². The Labute approximate surface area is 155 Å². The number of nitrogens with zero attached hydrogens (tertiary/aromatic N) is 4. The van der Waals surface area contributed by atoms with Crippen LogP contribution in [0.2, 0.25) is 5.02 Å². The van der Waals surface area contributed by atoms with E-state index in [1.165, 1.54) is 0 Å². The molecular weight excluding hydrogens is 352 g/mol. The average Bonchev–Trinajstić information content (AvgIpc) is 3.25. The topological polar surface area (TPSA) is 88.5 Å². The highest BCUT2D eigenvalue weighted by Crippen LogP contribution is 2.24. The number of carbonyl (C=O) groups is 1. The van der Waals surface area contributed by atoms with Gasteiger partial charge in [-0.3, -0.25) is 9.36 Å². The third-order valence-electron chi connectivity index (χ3n) is 4.68. The molecule has 7 nitrogen and oxygen atoms in total. The summed E-state index contributed by atoms with van der Waals surface area (Å²) in [7, 11) is 0. The summed E-state index contributed by atoms with van der Waals surface area (Å²) < 4.78 is 1.84. The van der Waals surface area contributed by atoms with Crippen molar-refractivity contribution in [1.82, 2.24) is 30.0 Å². The number of aryl methyl sites for hydroxylation is 2. The van der Waals surface area contributed by atoms with Crippen LogP contribution in [0.5, 0.6) is 0 Å². The van der Waals surface area contributed by atoms with Gasteiger partial charge in [0.1, 0.15) is 12.2 Å². The summed E-state index contributed by atoms with van der Waals surface area (Å²) in [6, 6.07) is 7.40. The lowest BCUT2D eigenvalue weighted by Crippen LogP contribution is -2.34. The highest BCUT2D eigenvalue weighted by Gasteiger charge is 2.26. The predicted octanol–water partition coefficient (Wildman–Crippen LogP) is 2.37. The van der Waals surface area contributed by atoms with Crippen molar-refractivity contribution in [2.45, 2.75) is 32.7 Å². The number of benzene rings is 1. The highest BCUT2D eigenvalue weighted by atomic mass is 35.5. The fourth-order valence-electron chi connectivity index (χ4n) is 3.35. The van der Waals surface area contributed by atoms with E-state index in [4.69, 9.17) is 11.6 Å². The van der Waals surface area contributed by atoms with Crippen LogP contribution in [0.3, 0.4) is 0 Å². The number of nitrogens with one attached hydrogen (secondary N) is 2. The van der Waals surface area contributed by atoms with E-state index in [1.54, 1.807) is 6.33 Å². The first-order chi connectivity index (χ1) is 12.6. The van der Waals surface area contributed by atoms with Gasteiger partial charge in [0.25, 0.3) is 0 Å². The van der Waals surface area contributed by atoms with Crippen LogP contribution in [0.15, 0.2) is 30.6 Å². The summed E-state index contributed by atoms with van der Waals surface area (Å²) in [5, 5.41) is 11.7. The molecule has 8 heteroatoms. The molecule has 1 atom stereocenters. The van der Waals surface area contributed by atoms with E-state index in [0.717, 1.165) is 35.7 Å². The summed E-state index contributed by atoms with van der Waals surface area (Å²) in [4.78, 5) is 20.3. The van der Waals surface area contributed by atoms with E-state index in [0.29, 0.717) is 23.8 Å². The third-order valence-corrected chi connectivity index (χ3v) is 4.93. The summed E-state index contributed by atoms with van der Waals surface area (Å²) in [6.07, 6.45) is 3.97. The Balaban J connectivity index is 1.41. The quantitative estimate of drug-likeness (QED) is 0.738. The van der Waals surface area contributed by atoms with Gasteiger partial charge in [0.05, 0.1) is 12.2 Å². The van der Waals surface area contributed by atoms with Crippen molar-refractivity contribution in [3.05, 3.63) is 58.7 Å². The number of hydrogen-bond acceptors (Lipinski definition) is 4. The number of fused-ring (bicyclic) bond motifs is 1. The van der Waals surface area contributed by atoms with Gasteiger partial charge in [-0.15, -0.1) is 10.2 Å². The van der Waals surface area contributed by atoms with Gasteiger partial charge >= 0.3 is 0 Å². The first-order valence-electron chi connectivity index (χ1n) is 8.57. The van der Waals surface area contributed by atoms with Gasteiger partial charge < -0.3 is 10.3 Å². The Hall–Kier alpha value is -2.67. The molecule has 0 saturated heterocycles. The number of amides is 1. The van der Waals surface area contributed by atoms with Gasteiger partial charge in [0, 0.05) is 28.7 Å². The van der Waals surface area contributed by atoms with Crippen molar-refractivity contribution >= 4 is 17.5 Å². The number of aromatic amines is 1. The highest BCUT2D eigenvalue weighted by molar-refractivity contribution is 6.30. The summed E-state index contributed by atoms with van der Waals surface area (Å²) in [5.74, 6) is 1.57. The molecule has 0 aliphatic heterocycles. The Bertz CT molecular complexity index is 930. The van der Waals surface area contributed by atoms with Crippen molar-refractivity contribution < 1.29 is 4.79 Å². The van der Waals surface area contributed by atoms with Crippen molar-refractivity contribution in [2.75, 3.05) is 0 Å². The van der Waals surface area contributed by atoms with E-state index in [2.05, 4.69) is 25.5 Å². The van der Waals surface area contributed by atoms with Crippen LogP contribution in [0.25, 0.3) is 5.69 Å². The Morgan fingerprint density at radius 3 is 3.00 bits per heavy atom. The molecule has 0 radical (unpaired) electrons. The lowest BCUT2D eigenvalue weighted by atomic mass is 9.89. The largest absolute Gasteiger partial charge is 0.349 e. The minimum absolute atomic E-state index is 0.0357. The van der Waals surface area contributed by atoms with Crippen LogP contribution in [0.1, 0.15) is 29.5 Å². The fourth-order valence-corrected chi connectivity index (χ4v) is 3.48. The van der Waals surface area contributed by atoms with Crippen LogP contribution in [-0.4, -0.2) is 30.6 Å². The lowest BCUT2D eigenvalue weighted by Gasteiger charge is -2.20. The molecule has 4 rings (SSSR count). The normalized spacial score (nSPS) is 16.3. The molecule has 1 aromatic carbocycles. The Morgan fingerprint density at radius 2 is 2.19 bits per heavy atom. The van der Waals surface area contributed by atoms with E-state index in [-0.39, 0.29) is 11.8 Å². The molecule has 2 heterocycles. The zero-order chi connectivity index (χ0) is 18.1. The number of carbonyl (C=O) groups excluding carboxylic acids is 1. The molecular formula is C18H19ClN6O. The molecule has 1 aliphatic carbocycles. The first-order valence-corrected chi connectivity index (χ1v) is 8.95. The van der Waals surface area contributed by atoms with Crippen molar-refractivity contribution in [1.29, 1.82) is 0 Å². The van der Waals surface area contributed by atoms with Gasteiger partial charge in [-0.25, -0.2) is 4.98 Å². The molecule has 1 unspecified atom stereocenters. The Morgan fingerprint density at radius 1 is 1.38 bits per heavy atom. The number of hydrogen-bond donors (Lipinski definition) is 2. The maximum atomic E-state index is 12.6. The molecule has 0 saturated carbocycles. The molecule has 2 aromatic heterocycles. The van der Waals surface area contributed by atoms with Gasteiger partial charge in [-0.2, -0.15) is 0 Å². The van der Waals surface area contributed by atoms with Gasteiger partial charge in [0.15, 0.2) is 5.82 Å². The second kappa shape index (κ2) is 6.92. The molecule has 0 spiro atoms. The SMILES string of the molecule is Cc1nc2c([nH]1)CC(C(=O)NCc1nncn1-c1ccc(Cl)cc1)CC2. The zero-order valence-corrected chi connectivity index (χ0v) is 15.1. The van der Waals surface area contributed by atoms with Gasteiger partial charge in [-0.1, -0.05) is 11.6 Å². The van der Waals surface area contributed by atoms with Crippen molar-refractivity contribution in [3.8, 4) is 5.69 Å². The summed E-state index contributed by atoms with van der Waals surface area (Å²) >= 11 is 5.93. The standard InChI is InChI=1S/C18H19ClN6O/c1-11-22-15-7-2-12(8-16(15)23-11)18(26)20-9-17-24-21-10-25(17)14-5-3-13(19)4-6-14/h3-6,10,12H,2,7-9H2,1H3,(H,20,26)(H,22,23). The Kier molecular flexibility index (Phi) is 4.46. The molecule has 3 aromatic rings. The van der Waals surface area contributed by atoms with Crippen molar-refractivity contribution in [3.63, 3.8) is 0 Å². The monoisotopic (exact) mass is 370 g/mol. The average molecular weight is 371 g/mol. The lowest BCUT2D eigenvalue weighted by molar-refractivity contribution is -0.125. The second-order valence-electron chi connectivity index (χ2n) is 6.50. The van der Waals surface area contributed by atoms with Gasteiger partial charge in [0.2, 0.25) is 5.91 Å².